The van der Waals surface area contributed by atoms with Gasteiger partial charge in [-0.05, 0) is 24.0 Å². The summed E-state index contributed by atoms with van der Waals surface area (Å²) in [5.74, 6) is 1.01. The molecule has 0 heterocycles. The molecule has 0 aliphatic rings. The molecule has 4 heteroatoms. The Morgan fingerprint density at radius 2 is 2.05 bits per heavy atom. The Balaban J connectivity index is 2.72. The van der Waals surface area contributed by atoms with Gasteiger partial charge in [-0.25, -0.2) is 4.79 Å². The van der Waals surface area contributed by atoms with Gasteiger partial charge in [0.2, 0.25) is 0 Å². The molecule has 0 fully saturated rings. The van der Waals surface area contributed by atoms with E-state index in [9.17, 15) is 4.79 Å². The molecule has 0 aliphatic carbocycles. The number of carbonyl (C=O) groups excluding carboxylic acids is 1. The van der Waals surface area contributed by atoms with Crippen LogP contribution < -0.4 is 15.4 Å². The average Bonchev–Trinajstić information content (AvgIpc) is 2.43. The first-order valence-electron chi connectivity index (χ1n) is 7.31. The van der Waals surface area contributed by atoms with E-state index < -0.39 is 0 Å². The molecular formula is C16H26N2O2. The highest BCUT2D eigenvalue weighted by Gasteiger charge is 2.14. The predicted octanol–water partition coefficient (Wildman–Crippen LogP) is 4.13. The van der Waals surface area contributed by atoms with Crippen LogP contribution in [0.4, 0.5) is 10.5 Å². The monoisotopic (exact) mass is 278 g/mol. The zero-order valence-corrected chi connectivity index (χ0v) is 13.0. The van der Waals surface area contributed by atoms with Gasteiger partial charge in [-0.1, -0.05) is 45.7 Å². The van der Waals surface area contributed by atoms with Crippen LogP contribution in [-0.2, 0) is 0 Å². The van der Waals surface area contributed by atoms with Crippen LogP contribution in [0.25, 0.3) is 0 Å². The van der Waals surface area contributed by atoms with Crippen molar-refractivity contribution in [2.24, 2.45) is 0 Å². The van der Waals surface area contributed by atoms with Crippen molar-refractivity contribution >= 4 is 11.7 Å². The molecule has 2 amide bonds. The number of methoxy groups -OCH3 is 1. The second-order valence-electron chi connectivity index (χ2n) is 5.17. The molecule has 0 bridgehead atoms. The second kappa shape index (κ2) is 8.46. The minimum absolute atomic E-state index is 0.174. The molecule has 4 nitrogen and oxygen atoms in total. The highest BCUT2D eigenvalue weighted by atomic mass is 16.5. The Morgan fingerprint density at radius 3 is 2.65 bits per heavy atom. The number of amides is 2. The molecule has 20 heavy (non-hydrogen) atoms. The summed E-state index contributed by atoms with van der Waals surface area (Å²) in [5, 5.41) is 5.79. The summed E-state index contributed by atoms with van der Waals surface area (Å²) in [6.07, 6.45) is 3.28. The lowest BCUT2D eigenvalue weighted by molar-refractivity contribution is 0.251. The zero-order chi connectivity index (χ0) is 15.0. The lowest BCUT2D eigenvalue weighted by Gasteiger charge is -2.17. The Hall–Kier alpha value is -1.71. The van der Waals surface area contributed by atoms with E-state index >= 15 is 0 Å². The van der Waals surface area contributed by atoms with Crippen molar-refractivity contribution in [1.82, 2.24) is 5.32 Å². The molecular weight excluding hydrogens is 252 g/mol. The van der Waals surface area contributed by atoms with Crippen LogP contribution in [0, 0.1) is 0 Å². The lowest BCUT2D eigenvalue weighted by atomic mass is 10.0. The van der Waals surface area contributed by atoms with E-state index in [2.05, 4.69) is 31.4 Å². The summed E-state index contributed by atoms with van der Waals surface area (Å²) >= 11 is 0. The number of rotatable bonds is 7. The summed E-state index contributed by atoms with van der Waals surface area (Å²) in [7, 11) is 1.61. The number of urea groups is 1. The van der Waals surface area contributed by atoms with Gasteiger partial charge in [0.1, 0.15) is 5.75 Å². The van der Waals surface area contributed by atoms with Gasteiger partial charge in [0.25, 0.3) is 0 Å². The summed E-state index contributed by atoms with van der Waals surface area (Å²) in [4.78, 5) is 11.9. The zero-order valence-electron chi connectivity index (χ0n) is 13.0. The molecule has 0 unspecified atom stereocenters. The van der Waals surface area contributed by atoms with Gasteiger partial charge in [-0.15, -0.1) is 0 Å². The molecule has 0 atom stereocenters. The van der Waals surface area contributed by atoms with E-state index in [0.717, 1.165) is 30.5 Å². The van der Waals surface area contributed by atoms with E-state index in [0.29, 0.717) is 18.2 Å². The Labute approximate surface area is 121 Å². The third kappa shape index (κ3) is 4.76. The SMILES string of the molecule is CCCCCNC(=O)Nc1c(OC)cccc1C(C)C. The standard InChI is InChI=1S/C16H26N2O2/c1-5-6-7-11-17-16(19)18-15-13(12(2)3)9-8-10-14(15)20-4/h8-10,12H,5-7,11H2,1-4H3,(H2,17,18,19). The number of hydrogen-bond acceptors (Lipinski definition) is 2. The smallest absolute Gasteiger partial charge is 0.319 e. The highest BCUT2D eigenvalue weighted by molar-refractivity contribution is 5.92. The lowest BCUT2D eigenvalue weighted by Crippen LogP contribution is -2.30. The van der Waals surface area contributed by atoms with Crippen molar-refractivity contribution in [3.63, 3.8) is 0 Å². The number of nitrogens with one attached hydrogen (secondary N) is 2. The van der Waals surface area contributed by atoms with Crippen LogP contribution in [0.1, 0.15) is 51.5 Å². The molecule has 2 N–H and O–H groups in total. The number of ether oxygens (including phenoxy) is 1. The second-order valence-corrected chi connectivity index (χ2v) is 5.17. The molecule has 0 spiro atoms. The van der Waals surface area contributed by atoms with Gasteiger partial charge in [0, 0.05) is 6.54 Å². The van der Waals surface area contributed by atoms with E-state index in [1.165, 1.54) is 0 Å². The fourth-order valence-corrected chi connectivity index (χ4v) is 2.07. The molecule has 1 rings (SSSR count). The molecule has 112 valence electrons. The number of para-hydroxylation sites is 1. The Morgan fingerprint density at radius 1 is 1.30 bits per heavy atom. The van der Waals surface area contributed by atoms with Gasteiger partial charge in [0.05, 0.1) is 12.8 Å². The number of hydrogen-bond donors (Lipinski definition) is 2. The summed E-state index contributed by atoms with van der Waals surface area (Å²) in [6, 6.07) is 5.64. The van der Waals surface area contributed by atoms with E-state index in [4.69, 9.17) is 4.74 Å². The van der Waals surface area contributed by atoms with Crippen LogP contribution in [-0.4, -0.2) is 19.7 Å². The Bertz CT molecular complexity index is 430. The maximum Gasteiger partial charge on any atom is 0.319 e. The minimum atomic E-state index is -0.174. The third-order valence-electron chi connectivity index (χ3n) is 3.20. The molecule has 0 saturated heterocycles. The number of anilines is 1. The van der Waals surface area contributed by atoms with Crippen molar-refractivity contribution in [2.45, 2.75) is 46.0 Å². The molecule has 0 radical (unpaired) electrons. The van der Waals surface area contributed by atoms with Gasteiger partial charge >= 0.3 is 6.03 Å². The quantitative estimate of drug-likeness (QED) is 0.737. The van der Waals surface area contributed by atoms with Crippen molar-refractivity contribution in [3.8, 4) is 5.75 Å². The van der Waals surface area contributed by atoms with Crippen LogP contribution >= 0.6 is 0 Å². The van der Waals surface area contributed by atoms with Gasteiger partial charge < -0.3 is 15.4 Å². The summed E-state index contributed by atoms with van der Waals surface area (Å²) < 4.78 is 5.34. The average molecular weight is 278 g/mol. The van der Waals surface area contributed by atoms with Crippen molar-refractivity contribution in [1.29, 1.82) is 0 Å². The fraction of sp³-hybridized carbons (Fsp3) is 0.562. The van der Waals surface area contributed by atoms with Crippen molar-refractivity contribution in [3.05, 3.63) is 23.8 Å². The third-order valence-corrected chi connectivity index (χ3v) is 3.20. The number of carbonyl (C=O) groups is 1. The van der Waals surface area contributed by atoms with E-state index in [1.54, 1.807) is 7.11 Å². The minimum Gasteiger partial charge on any atom is -0.495 e. The van der Waals surface area contributed by atoms with Gasteiger partial charge in [-0.3, -0.25) is 0 Å². The van der Waals surface area contributed by atoms with Crippen molar-refractivity contribution in [2.75, 3.05) is 19.0 Å². The van der Waals surface area contributed by atoms with E-state index in [1.807, 2.05) is 18.2 Å². The normalized spacial score (nSPS) is 10.4. The van der Waals surface area contributed by atoms with Crippen molar-refractivity contribution < 1.29 is 9.53 Å². The molecule has 1 aromatic carbocycles. The first-order valence-corrected chi connectivity index (χ1v) is 7.31. The largest absolute Gasteiger partial charge is 0.495 e. The maximum absolute atomic E-state index is 11.9. The van der Waals surface area contributed by atoms with Gasteiger partial charge in [0.15, 0.2) is 0 Å². The highest BCUT2D eigenvalue weighted by Crippen LogP contribution is 2.32. The van der Waals surface area contributed by atoms with Crippen LogP contribution in [0.3, 0.4) is 0 Å². The Kier molecular flexibility index (Phi) is 6.91. The van der Waals surface area contributed by atoms with Gasteiger partial charge in [-0.2, -0.15) is 0 Å². The first kappa shape index (κ1) is 16.3. The molecule has 0 aliphatic heterocycles. The number of benzene rings is 1. The summed E-state index contributed by atoms with van der Waals surface area (Å²) in [5.41, 5.74) is 1.84. The van der Waals surface area contributed by atoms with Crippen LogP contribution in [0.15, 0.2) is 18.2 Å². The van der Waals surface area contributed by atoms with Crippen LogP contribution in [0.5, 0.6) is 5.75 Å². The molecule has 0 saturated carbocycles. The first-order chi connectivity index (χ1) is 9.60. The predicted molar refractivity (Wildman–Crippen MR) is 83.6 cm³/mol. The topological polar surface area (TPSA) is 50.4 Å². The van der Waals surface area contributed by atoms with Crippen LogP contribution in [0.2, 0.25) is 0 Å². The number of unbranched alkanes of at least 4 members (excludes halogenated alkanes) is 2. The maximum atomic E-state index is 11.9. The molecule has 1 aromatic rings. The fourth-order valence-electron chi connectivity index (χ4n) is 2.07. The molecule has 0 aromatic heterocycles. The van der Waals surface area contributed by atoms with E-state index in [-0.39, 0.29) is 6.03 Å². The summed E-state index contributed by atoms with van der Waals surface area (Å²) in [6.45, 7) is 7.04.